The summed E-state index contributed by atoms with van der Waals surface area (Å²) in [6.07, 6.45) is 2.69. The van der Waals surface area contributed by atoms with Crippen LogP contribution in [0.25, 0.3) is 0 Å². The van der Waals surface area contributed by atoms with Crippen LogP contribution in [-0.4, -0.2) is 81.2 Å². The van der Waals surface area contributed by atoms with Crippen molar-refractivity contribution in [1.82, 2.24) is 14.2 Å². The molecule has 1 saturated heterocycles. The fourth-order valence-electron chi connectivity index (χ4n) is 2.08. The van der Waals surface area contributed by atoms with E-state index in [0.717, 1.165) is 6.26 Å². The Balaban J connectivity index is 1.85. The third-order valence-corrected chi connectivity index (χ3v) is 4.92. The molecule has 23 heavy (non-hydrogen) atoms. The quantitative estimate of drug-likeness (QED) is 0.773. The lowest BCUT2D eigenvalue weighted by molar-refractivity contribution is 0.0302. The van der Waals surface area contributed by atoms with Gasteiger partial charge >= 0.3 is 0 Å². The summed E-state index contributed by atoms with van der Waals surface area (Å²) < 4.78 is 29.0. The van der Waals surface area contributed by atoms with Gasteiger partial charge in [0, 0.05) is 39.4 Å². The van der Waals surface area contributed by atoms with E-state index in [2.05, 4.69) is 10.3 Å². The normalized spacial score (nSPS) is 15.7. The first kappa shape index (κ1) is 17.6. The molecule has 1 N–H and O–H groups in total. The largest absolute Gasteiger partial charge is 0.378 e. The van der Waals surface area contributed by atoms with E-state index >= 15 is 0 Å². The van der Waals surface area contributed by atoms with Crippen LogP contribution in [0.1, 0.15) is 10.4 Å². The molecular weight excluding hydrogens is 320 g/mol. The number of pyridine rings is 1. The summed E-state index contributed by atoms with van der Waals surface area (Å²) in [6, 6.07) is 3.43. The number of morpholine rings is 1. The van der Waals surface area contributed by atoms with Gasteiger partial charge in [0.15, 0.2) is 0 Å². The maximum Gasteiger partial charge on any atom is 0.255 e. The van der Waals surface area contributed by atoms with Crippen molar-refractivity contribution in [2.24, 2.45) is 0 Å². The first-order valence-electron chi connectivity index (χ1n) is 7.36. The number of sulfonamides is 1. The van der Waals surface area contributed by atoms with Crippen LogP contribution in [0.4, 0.5) is 5.82 Å². The van der Waals surface area contributed by atoms with E-state index in [0.29, 0.717) is 50.8 Å². The summed E-state index contributed by atoms with van der Waals surface area (Å²) in [5.74, 6) is 0.551. The van der Waals surface area contributed by atoms with Gasteiger partial charge in [0.05, 0.1) is 25.0 Å². The molecule has 0 bridgehead atoms. The molecule has 1 aliphatic rings. The lowest BCUT2D eigenvalue weighted by Crippen LogP contribution is -2.40. The summed E-state index contributed by atoms with van der Waals surface area (Å²) in [6.45, 7) is 3.09. The highest BCUT2D eigenvalue weighted by atomic mass is 32.2. The van der Waals surface area contributed by atoms with Crippen molar-refractivity contribution in [2.75, 3.05) is 58.0 Å². The Morgan fingerprint density at radius 3 is 2.65 bits per heavy atom. The van der Waals surface area contributed by atoms with Gasteiger partial charge in [0.2, 0.25) is 10.0 Å². The van der Waals surface area contributed by atoms with Crippen molar-refractivity contribution < 1.29 is 17.9 Å². The average molecular weight is 342 g/mol. The molecule has 2 heterocycles. The molecule has 1 aliphatic heterocycles. The Morgan fingerprint density at radius 1 is 1.39 bits per heavy atom. The van der Waals surface area contributed by atoms with Crippen molar-refractivity contribution >= 4 is 21.7 Å². The van der Waals surface area contributed by atoms with Crippen molar-refractivity contribution in [2.45, 2.75) is 0 Å². The second-order valence-electron chi connectivity index (χ2n) is 5.35. The molecule has 9 heteroatoms. The zero-order valence-electron chi connectivity index (χ0n) is 13.4. The molecule has 0 radical (unpaired) electrons. The van der Waals surface area contributed by atoms with E-state index in [-0.39, 0.29) is 5.91 Å². The number of rotatable bonds is 6. The molecule has 1 aromatic rings. The second-order valence-corrected chi connectivity index (χ2v) is 7.44. The van der Waals surface area contributed by atoms with E-state index in [1.807, 2.05) is 0 Å². The van der Waals surface area contributed by atoms with Gasteiger partial charge < -0.3 is 15.0 Å². The molecular formula is C14H22N4O4S. The van der Waals surface area contributed by atoms with Gasteiger partial charge in [-0.1, -0.05) is 0 Å². The zero-order valence-corrected chi connectivity index (χ0v) is 14.2. The topological polar surface area (TPSA) is 91.8 Å². The third-order valence-electron chi connectivity index (χ3n) is 3.61. The van der Waals surface area contributed by atoms with E-state index in [1.54, 1.807) is 17.0 Å². The summed E-state index contributed by atoms with van der Waals surface area (Å²) in [5, 5.41) is 3.03. The Hall–Kier alpha value is -1.71. The molecule has 1 amide bonds. The molecule has 0 saturated carbocycles. The fourth-order valence-corrected chi connectivity index (χ4v) is 2.50. The Kier molecular flexibility index (Phi) is 5.91. The van der Waals surface area contributed by atoms with Crippen LogP contribution in [0.15, 0.2) is 18.3 Å². The van der Waals surface area contributed by atoms with Gasteiger partial charge in [0.1, 0.15) is 5.82 Å². The first-order chi connectivity index (χ1) is 10.9. The number of aromatic nitrogens is 1. The average Bonchev–Trinajstić information content (AvgIpc) is 2.54. The van der Waals surface area contributed by atoms with Crippen LogP contribution < -0.4 is 5.32 Å². The highest BCUT2D eigenvalue weighted by Crippen LogP contribution is 2.09. The first-order valence-corrected chi connectivity index (χ1v) is 9.21. The maximum atomic E-state index is 12.3. The molecule has 0 unspecified atom stereocenters. The molecule has 0 atom stereocenters. The van der Waals surface area contributed by atoms with Crippen LogP contribution in [0.5, 0.6) is 0 Å². The van der Waals surface area contributed by atoms with Gasteiger partial charge in [-0.05, 0) is 12.1 Å². The second kappa shape index (κ2) is 7.71. The maximum absolute atomic E-state index is 12.3. The van der Waals surface area contributed by atoms with Crippen LogP contribution >= 0.6 is 0 Å². The summed E-state index contributed by atoms with van der Waals surface area (Å²) >= 11 is 0. The molecule has 128 valence electrons. The van der Waals surface area contributed by atoms with Crippen molar-refractivity contribution in [3.63, 3.8) is 0 Å². The zero-order chi connectivity index (χ0) is 16.9. The lowest BCUT2D eigenvalue weighted by Gasteiger charge is -2.26. The van der Waals surface area contributed by atoms with Gasteiger partial charge in [-0.25, -0.2) is 17.7 Å². The minimum atomic E-state index is -3.18. The summed E-state index contributed by atoms with van der Waals surface area (Å²) in [7, 11) is -1.65. The predicted molar refractivity (Wildman–Crippen MR) is 86.9 cm³/mol. The monoisotopic (exact) mass is 342 g/mol. The summed E-state index contributed by atoms with van der Waals surface area (Å²) in [4.78, 5) is 18.2. The number of hydrogen-bond acceptors (Lipinski definition) is 6. The van der Waals surface area contributed by atoms with Crippen molar-refractivity contribution in [3.8, 4) is 0 Å². The number of carbonyl (C=O) groups is 1. The molecule has 2 rings (SSSR count). The number of amides is 1. The number of nitrogens with zero attached hydrogens (tertiary/aromatic N) is 3. The molecule has 1 aromatic heterocycles. The molecule has 1 fully saturated rings. The summed E-state index contributed by atoms with van der Waals surface area (Å²) in [5.41, 5.74) is 0.533. The van der Waals surface area contributed by atoms with Crippen LogP contribution in [0.3, 0.4) is 0 Å². The Bertz CT molecular complexity index is 627. The van der Waals surface area contributed by atoms with E-state index in [9.17, 15) is 13.2 Å². The number of hydrogen-bond donors (Lipinski definition) is 1. The minimum Gasteiger partial charge on any atom is -0.378 e. The SMILES string of the molecule is CN(CCNc1ccc(C(=O)N2CCOCC2)cn1)S(C)(=O)=O. The standard InChI is InChI=1S/C14H22N4O4S/c1-17(23(2,20)21)6-5-15-13-4-3-12(11-16-13)14(19)18-7-9-22-10-8-18/h3-4,11H,5-10H2,1-2H3,(H,15,16). The Morgan fingerprint density at radius 2 is 2.09 bits per heavy atom. The van der Waals surface area contributed by atoms with Gasteiger partial charge in [-0.15, -0.1) is 0 Å². The fraction of sp³-hybridized carbons (Fsp3) is 0.571. The van der Waals surface area contributed by atoms with Crippen LogP contribution in [0, 0.1) is 0 Å². The predicted octanol–water partition coefficient (Wildman–Crippen LogP) is -0.143. The van der Waals surface area contributed by atoms with Crippen molar-refractivity contribution in [3.05, 3.63) is 23.9 Å². The van der Waals surface area contributed by atoms with E-state index in [4.69, 9.17) is 4.74 Å². The molecule has 0 aromatic carbocycles. The number of anilines is 1. The van der Waals surface area contributed by atoms with Gasteiger partial charge in [-0.2, -0.15) is 0 Å². The van der Waals surface area contributed by atoms with E-state index < -0.39 is 10.0 Å². The van der Waals surface area contributed by atoms with Crippen LogP contribution in [0.2, 0.25) is 0 Å². The molecule has 0 spiro atoms. The van der Waals surface area contributed by atoms with Gasteiger partial charge in [0.25, 0.3) is 5.91 Å². The smallest absolute Gasteiger partial charge is 0.255 e. The van der Waals surface area contributed by atoms with E-state index in [1.165, 1.54) is 17.5 Å². The number of carbonyl (C=O) groups excluding carboxylic acids is 1. The third kappa shape index (κ3) is 5.15. The number of nitrogens with one attached hydrogen (secondary N) is 1. The Labute approximate surface area is 136 Å². The highest BCUT2D eigenvalue weighted by molar-refractivity contribution is 7.88. The van der Waals surface area contributed by atoms with Gasteiger partial charge in [-0.3, -0.25) is 4.79 Å². The lowest BCUT2D eigenvalue weighted by atomic mass is 10.2. The molecule has 8 nitrogen and oxygen atoms in total. The minimum absolute atomic E-state index is 0.0517. The van der Waals surface area contributed by atoms with Crippen LogP contribution in [-0.2, 0) is 14.8 Å². The van der Waals surface area contributed by atoms with Crippen molar-refractivity contribution in [1.29, 1.82) is 0 Å². The number of likely N-dealkylation sites (N-methyl/N-ethyl adjacent to an activating group) is 1. The molecule has 0 aliphatic carbocycles. The number of ether oxygens (including phenoxy) is 1. The highest BCUT2D eigenvalue weighted by Gasteiger charge is 2.18.